The summed E-state index contributed by atoms with van der Waals surface area (Å²) in [6, 6.07) is 5.51. The van der Waals surface area contributed by atoms with E-state index in [0.29, 0.717) is 42.0 Å². The minimum absolute atomic E-state index is 0.109. The van der Waals surface area contributed by atoms with Crippen molar-refractivity contribution >= 4 is 44.6 Å². The first-order chi connectivity index (χ1) is 10.2. The molecule has 1 aliphatic heterocycles. The van der Waals surface area contributed by atoms with Crippen molar-refractivity contribution in [3.8, 4) is 0 Å². The summed E-state index contributed by atoms with van der Waals surface area (Å²) in [4.78, 5) is 12.8. The first-order valence-corrected chi connectivity index (χ1v) is 7.80. The van der Waals surface area contributed by atoms with Gasteiger partial charge >= 0.3 is 0 Å². The van der Waals surface area contributed by atoms with Crippen molar-refractivity contribution in [2.45, 2.75) is 6.10 Å². The lowest BCUT2D eigenvalue weighted by Gasteiger charge is -2.22. The van der Waals surface area contributed by atoms with Gasteiger partial charge < -0.3 is 20.5 Å². The SMILES string of the molecule is Nc1c(C(=O)NCC2COCCO2)sc2cccc(Cl)c12. The molecule has 1 aromatic carbocycles. The van der Waals surface area contributed by atoms with E-state index in [2.05, 4.69) is 5.32 Å². The Morgan fingerprint density at radius 2 is 2.33 bits per heavy atom. The molecule has 0 aliphatic carbocycles. The van der Waals surface area contributed by atoms with Gasteiger partial charge in [-0.15, -0.1) is 11.3 Å². The molecule has 1 aliphatic rings. The quantitative estimate of drug-likeness (QED) is 0.907. The van der Waals surface area contributed by atoms with E-state index in [-0.39, 0.29) is 12.0 Å². The van der Waals surface area contributed by atoms with Crippen LogP contribution in [0, 0.1) is 0 Å². The molecule has 1 aromatic heterocycles. The molecule has 1 fully saturated rings. The Labute approximate surface area is 131 Å². The third kappa shape index (κ3) is 2.98. The van der Waals surface area contributed by atoms with Crippen LogP contribution in [0.5, 0.6) is 0 Å². The van der Waals surface area contributed by atoms with Crippen LogP contribution in [0.1, 0.15) is 9.67 Å². The third-order valence-corrected chi connectivity index (χ3v) is 4.77. The maximum Gasteiger partial charge on any atom is 0.263 e. The number of hydrogen-bond acceptors (Lipinski definition) is 5. The molecule has 2 heterocycles. The van der Waals surface area contributed by atoms with Crippen molar-refractivity contribution in [3.05, 3.63) is 28.1 Å². The molecule has 7 heteroatoms. The van der Waals surface area contributed by atoms with Crippen LogP contribution in [0.2, 0.25) is 5.02 Å². The highest BCUT2D eigenvalue weighted by Crippen LogP contribution is 2.37. The lowest BCUT2D eigenvalue weighted by Crippen LogP contribution is -2.39. The third-order valence-electron chi connectivity index (χ3n) is 3.28. The molecule has 3 rings (SSSR count). The van der Waals surface area contributed by atoms with Gasteiger partial charge in [0.25, 0.3) is 5.91 Å². The molecule has 3 N–H and O–H groups in total. The first-order valence-electron chi connectivity index (χ1n) is 6.61. The minimum Gasteiger partial charge on any atom is -0.397 e. The summed E-state index contributed by atoms with van der Waals surface area (Å²) >= 11 is 7.48. The van der Waals surface area contributed by atoms with E-state index in [0.717, 1.165) is 10.1 Å². The van der Waals surface area contributed by atoms with Crippen LogP contribution in [0.3, 0.4) is 0 Å². The van der Waals surface area contributed by atoms with Crippen molar-refractivity contribution in [3.63, 3.8) is 0 Å². The van der Waals surface area contributed by atoms with Gasteiger partial charge in [-0.2, -0.15) is 0 Å². The lowest BCUT2D eigenvalue weighted by atomic mass is 10.2. The number of anilines is 1. The number of nitrogens with one attached hydrogen (secondary N) is 1. The van der Waals surface area contributed by atoms with Gasteiger partial charge in [0.2, 0.25) is 0 Å². The van der Waals surface area contributed by atoms with Crippen LogP contribution in [-0.4, -0.2) is 38.4 Å². The Kier molecular flexibility index (Phi) is 4.30. The fraction of sp³-hybridized carbons (Fsp3) is 0.357. The Morgan fingerprint density at radius 3 is 3.05 bits per heavy atom. The van der Waals surface area contributed by atoms with Gasteiger partial charge in [-0.25, -0.2) is 0 Å². The summed E-state index contributed by atoms with van der Waals surface area (Å²) in [5, 5.41) is 4.14. The average Bonchev–Trinajstić information content (AvgIpc) is 2.84. The van der Waals surface area contributed by atoms with E-state index in [9.17, 15) is 4.79 Å². The highest BCUT2D eigenvalue weighted by atomic mass is 35.5. The fourth-order valence-electron chi connectivity index (χ4n) is 2.24. The number of rotatable bonds is 3. The second-order valence-corrected chi connectivity index (χ2v) is 6.19. The number of carbonyl (C=O) groups excluding carboxylic acids is 1. The summed E-state index contributed by atoms with van der Waals surface area (Å²) < 4.78 is 11.7. The number of halogens is 1. The smallest absolute Gasteiger partial charge is 0.263 e. The number of amides is 1. The normalized spacial score (nSPS) is 18.8. The van der Waals surface area contributed by atoms with Crippen molar-refractivity contribution in [2.24, 2.45) is 0 Å². The Balaban J connectivity index is 1.75. The van der Waals surface area contributed by atoms with Crippen LogP contribution in [0.15, 0.2) is 18.2 Å². The predicted molar refractivity (Wildman–Crippen MR) is 84.1 cm³/mol. The van der Waals surface area contributed by atoms with Crippen LogP contribution in [0.25, 0.3) is 10.1 Å². The zero-order chi connectivity index (χ0) is 14.8. The van der Waals surface area contributed by atoms with Gasteiger partial charge in [-0.05, 0) is 12.1 Å². The lowest BCUT2D eigenvalue weighted by molar-refractivity contribution is -0.0855. The molecule has 1 saturated heterocycles. The van der Waals surface area contributed by atoms with Crippen molar-refractivity contribution in [1.82, 2.24) is 5.32 Å². The summed E-state index contributed by atoms with van der Waals surface area (Å²) in [6.07, 6.45) is -0.109. The predicted octanol–water partition coefficient (Wildman–Crippen LogP) is 2.28. The van der Waals surface area contributed by atoms with Gasteiger partial charge in [0.05, 0.1) is 36.6 Å². The summed E-state index contributed by atoms with van der Waals surface area (Å²) in [5.41, 5.74) is 6.49. The van der Waals surface area contributed by atoms with Crippen molar-refractivity contribution in [1.29, 1.82) is 0 Å². The van der Waals surface area contributed by atoms with E-state index < -0.39 is 0 Å². The first kappa shape index (κ1) is 14.6. The van der Waals surface area contributed by atoms with Crippen LogP contribution < -0.4 is 11.1 Å². The Morgan fingerprint density at radius 1 is 1.48 bits per heavy atom. The van der Waals surface area contributed by atoms with Gasteiger partial charge in [0.15, 0.2) is 0 Å². The number of nitrogens with two attached hydrogens (primary N) is 1. The average molecular weight is 327 g/mol. The van der Waals surface area contributed by atoms with Crippen molar-refractivity contribution < 1.29 is 14.3 Å². The van der Waals surface area contributed by atoms with E-state index in [1.54, 1.807) is 6.07 Å². The van der Waals surface area contributed by atoms with Crippen LogP contribution in [-0.2, 0) is 9.47 Å². The Hall–Kier alpha value is -1.34. The molecule has 21 heavy (non-hydrogen) atoms. The molecule has 1 unspecified atom stereocenters. The monoisotopic (exact) mass is 326 g/mol. The highest BCUT2D eigenvalue weighted by Gasteiger charge is 2.20. The standard InChI is InChI=1S/C14H15ClN2O3S/c15-9-2-1-3-10-11(9)12(16)13(21-10)14(18)17-6-8-7-19-4-5-20-8/h1-3,8H,4-7,16H2,(H,17,18). The van der Waals surface area contributed by atoms with Crippen LogP contribution in [0.4, 0.5) is 5.69 Å². The zero-order valence-corrected chi connectivity index (χ0v) is 12.8. The maximum atomic E-state index is 12.3. The number of ether oxygens (including phenoxy) is 2. The van der Waals surface area contributed by atoms with E-state index in [1.807, 2.05) is 12.1 Å². The van der Waals surface area contributed by atoms with Crippen LogP contribution >= 0.6 is 22.9 Å². The van der Waals surface area contributed by atoms with E-state index >= 15 is 0 Å². The van der Waals surface area contributed by atoms with Gasteiger partial charge in [-0.1, -0.05) is 17.7 Å². The number of hydrogen-bond donors (Lipinski definition) is 2. The number of benzene rings is 1. The second-order valence-electron chi connectivity index (χ2n) is 4.74. The molecule has 1 atom stereocenters. The second kappa shape index (κ2) is 6.19. The fourth-order valence-corrected chi connectivity index (χ4v) is 3.64. The van der Waals surface area contributed by atoms with Gasteiger partial charge in [0.1, 0.15) is 4.88 Å². The topological polar surface area (TPSA) is 73.6 Å². The number of carbonyl (C=O) groups is 1. The zero-order valence-electron chi connectivity index (χ0n) is 11.2. The number of nitrogen functional groups attached to an aromatic ring is 1. The summed E-state index contributed by atoms with van der Waals surface area (Å²) in [6.45, 7) is 2.06. The minimum atomic E-state index is -0.209. The summed E-state index contributed by atoms with van der Waals surface area (Å²) in [7, 11) is 0. The molecule has 0 saturated carbocycles. The largest absolute Gasteiger partial charge is 0.397 e. The van der Waals surface area contributed by atoms with Gasteiger partial charge in [-0.3, -0.25) is 4.79 Å². The molecule has 112 valence electrons. The Bertz CT molecular complexity index is 668. The molecule has 0 spiro atoms. The highest BCUT2D eigenvalue weighted by molar-refractivity contribution is 7.21. The molecule has 5 nitrogen and oxygen atoms in total. The van der Waals surface area contributed by atoms with Gasteiger partial charge in [0, 0.05) is 16.6 Å². The molecular weight excluding hydrogens is 312 g/mol. The number of thiophene rings is 1. The maximum absolute atomic E-state index is 12.3. The number of fused-ring (bicyclic) bond motifs is 1. The van der Waals surface area contributed by atoms with Crippen molar-refractivity contribution in [2.75, 3.05) is 32.1 Å². The molecule has 2 aromatic rings. The molecular formula is C14H15ClN2O3S. The van der Waals surface area contributed by atoms with E-state index in [4.69, 9.17) is 26.8 Å². The molecule has 1 amide bonds. The summed E-state index contributed by atoms with van der Waals surface area (Å²) in [5.74, 6) is -0.209. The molecule has 0 radical (unpaired) electrons. The molecule has 0 bridgehead atoms. The van der Waals surface area contributed by atoms with E-state index in [1.165, 1.54) is 11.3 Å².